The van der Waals surface area contributed by atoms with Gasteiger partial charge >= 0.3 is 0 Å². The number of morpholine rings is 2. The number of carbonyl (C=O) groups excluding carboxylic acids is 1. The molecule has 0 unspecified atom stereocenters. The van der Waals surface area contributed by atoms with Gasteiger partial charge in [-0.25, -0.2) is 4.98 Å². The zero-order valence-electron chi connectivity index (χ0n) is 19.5. The lowest BCUT2D eigenvalue weighted by molar-refractivity contribution is 0.0965. The number of nitrogens with zero attached hydrogens (tertiary/aromatic N) is 5. The van der Waals surface area contributed by atoms with Gasteiger partial charge < -0.3 is 24.6 Å². The Hall–Kier alpha value is -3.30. The van der Waals surface area contributed by atoms with E-state index in [0.29, 0.717) is 50.1 Å². The summed E-state index contributed by atoms with van der Waals surface area (Å²) in [6.07, 6.45) is 0. The normalized spacial score (nSPS) is 22.7. The van der Waals surface area contributed by atoms with E-state index in [1.54, 1.807) is 0 Å². The third kappa shape index (κ3) is 3.65. The third-order valence-corrected chi connectivity index (χ3v) is 6.88. The van der Waals surface area contributed by atoms with Crippen molar-refractivity contribution in [2.24, 2.45) is 0 Å². The highest BCUT2D eigenvalue weighted by Gasteiger charge is 2.28. The quantitative estimate of drug-likeness (QED) is 0.637. The molecule has 6 rings (SSSR count). The van der Waals surface area contributed by atoms with Crippen LogP contribution in [-0.2, 0) is 16.0 Å². The molecule has 2 fully saturated rings. The molecule has 0 radical (unpaired) electrons. The summed E-state index contributed by atoms with van der Waals surface area (Å²) < 4.78 is 11.3. The minimum absolute atomic E-state index is 0.0350. The summed E-state index contributed by atoms with van der Waals surface area (Å²) in [7, 11) is 0. The van der Waals surface area contributed by atoms with Crippen molar-refractivity contribution >= 4 is 28.7 Å². The number of ether oxygens (including phenoxy) is 2. The maximum atomic E-state index is 12.2. The number of anilines is 2. The Morgan fingerprint density at radius 3 is 2.47 bits per heavy atom. The van der Waals surface area contributed by atoms with Gasteiger partial charge in [0.15, 0.2) is 5.65 Å². The van der Waals surface area contributed by atoms with Gasteiger partial charge in [-0.1, -0.05) is 12.1 Å². The maximum absolute atomic E-state index is 12.2. The van der Waals surface area contributed by atoms with Gasteiger partial charge in [-0.2, -0.15) is 9.97 Å². The lowest BCUT2D eigenvalue weighted by atomic mass is 10.0. The topological polar surface area (TPSA) is 92.7 Å². The lowest BCUT2D eigenvalue weighted by Gasteiger charge is -2.37. The molecule has 2 saturated heterocycles. The molecule has 1 amide bonds. The standard InChI is InChI=1S/C25H28N6O3/c1-15-13-33-9-7-30(15)23-19-5-6-21(17-3-4-18-12-26-24(32)20(18)11-17)27-22(19)28-25(29-23)31-8-10-34-14-16(31)2/h3-6,11,15-16H,7-10,12-14H2,1-2H3,(H,26,32)/t15-,16+/m1/s1. The monoisotopic (exact) mass is 460 g/mol. The van der Waals surface area contributed by atoms with Crippen molar-refractivity contribution in [1.29, 1.82) is 0 Å². The molecule has 9 heteroatoms. The van der Waals surface area contributed by atoms with E-state index in [0.717, 1.165) is 41.1 Å². The molecule has 5 heterocycles. The number of rotatable bonds is 3. The van der Waals surface area contributed by atoms with Crippen molar-refractivity contribution in [3.8, 4) is 11.3 Å². The fraction of sp³-hybridized carbons (Fsp3) is 0.440. The molecule has 176 valence electrons. The number of carbonyl (C=O) groups is 1. The van der Waals surface area contributed by atoms with E-state index in [1.807, 2.05) is 24.3 Å². The maximum Gasteiger partial charge on any atom is 0.251 e. The Morgan fingerprint density at radius 2 is 1.71 bits per heavy atom. The summed E-state index contributed by atoms with van der Waals surface area (Å²) in [4.78, 5) is 31.6. The van der Waals surface area contributed by atoms with Gasteiger partial charge in [-0.05, 0) is 37.6 Å². The van der Waals surface area contributed by atoms with Gasteiger partial charge in [0.25, 0.3) is 5.91 Å². The van der Waals surface area contributed by atoms with E-state index in [-0.39, 0.29) is 18.0 Å². The van der Waals surface area contributed by atoms with Crippen molar-refractivity contribution in [1.82, 2.24) is 20.3 Å². The number of aromatic nitrogens is 3. The SMILES string of the molecule is C[C@@H]1COCCN1c1nc(N2CCOC[C@@H]2C)nc2nc(-c3ccc4c(c3)C(=O)NC4)ccc12. The van der Waals surface area contributed by atoms with Crippen molar-refractivity contribution in [3.05, 3.63) is 41.5 Å². The zero-order valence-corrected chi connectivity index (χ0v) is 19.5. The smallest absolute Gasteiger partial charge is 0.251 e. The minimum atomic E-state index is -0.0350. The Labute approximate surface area is 198 Å². The first-order valence-corrected chi connectivity index (χ1v) is 11.9. The summed E-state index contributed by atoms with van der Waals surface area (Å²) in [6, 6.07) is 10.4. The van der Waals surface area contributed by atoms with Crippen molar-refractivity contribution in [2.45, 2.75) is 32.5 Å². The van der Waals surface area contributed by atoms with Crippen LogP contribution in [0.25, 0.3) is 22.3 Å². The van der Waals surface area contributed by atoms with Crippen LogP contribution in [0.5, 0.6) is 0 Å². The molecule has 34 heavy (non-hydrogen) atoms. The van der Waals surface area contributed by atoms with Gasteiger partial charge in [0.1, 0.15) is 5.82 Å². The number of hydrogen-bond donors (Lipinski definition) is 1. The Kier molecular flexibility index (Phi) is 5.30. The largest absolute Gasteiger partial charge is 0.377 e. The Bertz CT molecular complexity index is 1260. The predicted molar refractivity (Wildman–Crippen MR) is 129 cm³/mol. The highest BCUT2D eigenvalue weighted by Crippen LogP contribution is 2.32. The number of fused-ring (bicyclic) bond motifs is 2. The van der Waals surface area contributed by atoms with E-state index < -0.39 is 0 Å². The molecule has 1 aromatic carbocycles. The summed E-state index contributed by atoms with van der Waals surface area (Å²) in [5, 5.41) is 3.80. The van der Waals surface area contributed by atoms with E-state index in [1.165, 1.54) is 0 Å². The number of nitrogens with one attached hydrogen (secondary N) is 1. The fourth-order valence-electron chi connectivity index (χ4n) is 4.93. The number of pyridine rings is 1. The highest BCUT2D eigenvalue weighted by atomic mass is 16.5. The molecule has 2 atom stereocenters. The van der Waals surface area contributed by atoms with Gasteiger partial charge in [0, 0.05) is 30.8 Å². The molecule has 3 aliphatic rings. The summed E-state index contributed by atoms with van der Waals surface area (Å²) in [5.41, 5.74) is 4.08. The van der Waals surface area contributed by atoms with Crippen LogP contribution in [0, 0.1) is 0 Å². The average Bonchev–Trinajstić information content (AvgIpc) is 3.23. The minimum Gasteiger partial charge on any atom is -0.377 e. The summed E-state index contributed by atoms with van der Waals surface area (Å²) in [5.74, 6) is 1.53. The van der Waals surface area contributed by atoms with Gasteiger partial charge in [0.05, 0.1) is 49.6 Å². The van der Waals surface area contributed by atoms with E-state index in [4.69, 9.17) is 24.4 Å². The third-order valence-electron chi connectivity index (χ3n) is 6.88. The number of amides is 1. The van der Waals surface area contributed by atoms with Crippen LogP contribution in [0.4, 0.5) is 11.8 Å². The Morgan fingerprint density at radius 1 is 0.941 bits per heavy atom. The van der Waals surface area contributed by atoms with Gasteiger partial charge in [-0.15, -0.1) is 0 Å². The molecule has 0 aliphatic carbocycles. The number of hydrogen-bond acceptors (Lipinski definition) is 8. The second-order valence-corrected chi connectivity index (χ2v) is 9.20. The van der Waals surface area contributed by atoms with E-state index >= 15 is 0 Å². The highest BCUT2D eigenvalue weighted by molar-refractivity contribution is 5.99. The van der Waals surface area contributed by atoms with Crippen LogP contribution in [0.15, 0.2) is 30.3 Å². The first-order chi connectivity index (χ1) is 16.6. The van der Waals surface area contributed by atoms with Crippen LogP contribution in [0.3, 0.4) is 0 Å². The lowest BCUT2D eigenvalue weighted by Crippen LogP contribution is -2.46. The molecule has 0 bridgehead atoms. The second-order valence-electron chi connectivity index (χ2n) is 9.20. The Balaban J connectivity index is 1.48. The first kappa shape index (κ1) is 21.2. The van der Waals surface area contributed by atoms with Crippen molar-refractivity contribution in [2.75, 3.05) is 49.3 Å². The summed E-state index contributed by atoms with van der Waals surface area (Å²) >= 11 is 0. The van der Waals surface area contributed by atoms with Crippen LogP contribution < -0.4 is 15.1 Å². The molecular formula is C25H28N6O3. The molecule has 3 aliphatic heterocycles. The molecular weight excluding hydrogens is 432 g/mol. The van der Waals surface area contributed by atoms with Crippen molar-refractivity contribution < 1.29 is 14.3 Å². The average molecular weight is 461 g/mol. The molecule has 0 spiro atoms. The molecule has 9 nitrogen and oxygen atoms in total. The molecule has 2 aromatic heterocycles. The van der Waals surface area contributed by atoms with Crippen LogP contribution in [0.1, 0.15) is 29.8 Å². The molecule has 0 saturated carbocycles. The van der Waals surface area contributed by atoms with Crippen LogP contribution >= 0.6 is 0 Å². The molecule has 3 aromatic rings. The van der Waals surface area contributed by atoms with Crippen LogP contribution in [0.2, 0.25) is 0 Å². The summed E-state index contributed by atoms with van der Waals surface area (Å²) in [6.45, 7) is 9.01. The second kappa shape index (κ2) is 8.48. The van der Waals surface area contributed by atoms with Gasteiger partial charge in [0.2, 0.25) is 5.95 Å². The first-order valence-electron chi connectivity index (χ1n) is 11.9. The number of benzene rings is 1. The fourth-order valence-corrected chi connectivity index (χ4v) is 4.93. The predicted octanol–water partition coefficient (Wildman–Crippen LogP) is 2.39. The molecule has 1 N–H and O–H groups in total. The van der Waals surface area contributed by atoms with E-state index in [2.05, 4.69) is 35.0 Å². The van der Waals surface area contributed by atoms with Crippen LogP contribution in [-0.4, -0.2) is 72.5 Å². The van der Waals surface area contributed by atoms with Gasteiger partial charge in [-0.3, -0.25) is 4.79 Å². The van der Waals surface area contributed by atoms with E-state index in [9.17, 15) is 4.79 Å². The zero-order chi connectivity index (χ0) is 23.2. The van der Waals surface area contributed by atoms with Crippen molar-refractivity contribution in [3.63, 3.8) is 0 Å².